The van der Waals surface area contributed by atoms with Gasteiger partial charge in [0.15, 0.2) is 0 Å². The van der Waals surface area contributed by atoms with Gasteiger partial charge in [-0.15, -0.1) is 0 Å². The molecular formula is C13H18O5. The second kappa shape index (κ2) is 6.86. The molecule has 5 heteroatoms. The van der Waals surface area contributed by atoms with E-state index in [9.17, 15) is 4.79 Å². The number of hydrogen-bond donors (Lipinski definition) is 2. The molecule has 0 saturated heterocycles. The van der Waals surface area contributed by atoms with E-state index >= 15 is 0 Å². The topological polar surface area (TPSA) is 76.0 Å². The van der Waals surface area contributed by atoms with Gasteiger partial charge in [-0.05, 0) is 25.5 Å². The van der Waals surface area contributed by atoms with Gasteiger partial charge in [0.1, 0.15) is 23.7 Å². The summed E-state index contributed by atoms with van der Waals surface area (Å²) in [6.07, 6.45) is 0.205. The molecule has 0 bridgehead atoms. The Morgan fingerprint density at radius 2 is 2.11 bits per heavy atom. The van der Waals surface area contributed by atoms with Crippen molar-refractivity contribution in [3.63, 3.8) is 0 Å². The Bertz CT molecular complexity index is 400. The summed E-state index contributed by atoms with van der Waals surface area (Å²) < 4.78 is 10.7. The number of carboxylic acids is 1. The molecule has 5 nitrogen and oxygen atoms in total. The zero-order chi connectivity index (χ0) is 13.5. The summed E-state index contributed by atoms with van der Waals surface area (Å²) in [7, 11) is 0. The highest BCUT2D eigenvalue weighted by atomic mass is 16.5. The first kappa shape index (κ1) is 14.3. The van der Waals surface area contributed by atoms with Gasteiger partial charge in [-0.1, -0.05) is 6.92 Å². The van der Waals surface area contributed by atoms with Crippen LogP contribution in [0.1, 0.15) is 30.6 Å². The van der Waals surface area contributed by atoms with Crippen LogP contribution in [0, 0.1) is 0 Å². The summed E-state index contributed by atoms with van der Waals surface area (Å²) in [6.45, 7) is 4.15. The molecule has 0 heterocycles. The number of benzene rings is 1. The van der Waals surface area contributed by atoms with Gasteiger partial charge in [0.05, 0.1) is 12.7 Å². The van der Waals surface area contributed by atoms with E-state index in [1.165, 1.54) is 12.1 Å². The van der Waals surface area contributed by atoms with Gasteiger partial charge in [-0.25, -0.2) is 4.79 Å². The predicted octanol–water partition coefficient (Wildman–Crippen LogP) is 1.93. The summed E-state index contributed by atoms with van der Waals surface area (Å²) in [4.78, 5) is 11.0. The zero-order valence-corrected chi connectivity index (χ0v) is 10.5. The van der Waals surface area contributed by atoms with Gasteiger partial charge in [-0.2, -0.15) is 0 Å². The Morgan fingerprint density at radius 3 is 2.67 bits per heavy atom. The zero-order valence-electron chi connectivity index (χ0n) is 10.5. The molecule has 1 rings (SSSR count). The molecular weight excluding hydrogens is 236 g/mol. The quantitative estimate of drug-likeness (QED) is 0.777. The smallest absolute Gasteiger partial charge is 0.339 e. The fourth-order valence-electron chi connectivity index (χ4n) is 1.32. The van der Waals surface area contributed by atoms with E-state index in [-0.39, 0.29) is 17.9 Å². The van der Waals surface area contributed by atoms with Crippen molar-refractivity contribution in [2.24, 2.45) is 0 Å². The van der Waals surface area contributed by atoms with Crippen molar-refractivity contribution in [1.82, 2.24) is 0 Å². The largest absolute Gasteiger partial charge is 0.493 e. The average molecular weight is 254 g/mol. The Morgan fingerprint density at radius 1 is 1.39 bits per heavy atom. The standard InChI is InChI=1S/C13H18O5/c1-3-6-17-10-4-5-11(13(15)16)12(7-10)18-8-9(2)14/h4-5,7,9,14H,3,6,8H2,1-2H3,(H,15,16). The minimum absolute atomic E-state index is 0.0392. The fourth-order valence-corrected chi connectivity index (χ4v) is 1.32. The highest BCUT2D eigenvalue weighted by molar-refractivity contribution is 5.91. The first-order valence-electron chi connectivity index (χ1n) is 5.85. The molecule has 0 aliphatic carbocycles. The maximum atomic E-state index is 11.0. The van der Waals surface area contributed by atoms with E-state index < -0.39 is 12.1 Å². The Hall–Kier alpha value is -1.75. The lowest BCUT2D eigenvalue weighted by atomic mass is 10.2. The minimum atomic E-state index is -1.07. The van der Waals surface area contributed by atoms with Crippen LogP contribution in [0.25, 0.3) is 0 Å². The first-order valence-corrected chi connectivity index (χ1v) is 5.85. The van der Waals surface area contributed by atoms with E-state index in [1.54, 1.807) is 13.0 Å². The first-order chi connectivity index (χ1) is 8.54. The highest BCUT2D eigenvalue weighted by Crippen LogP contribution is 2.25. The molecule has 0 spiro atoms. The van der Waals surface area contributed by atoms with Crippen molar-refractivity contribution in [2.45, 2.75) is 26.4 Å². The molecule has 0 aromatic heterocycles. The summed E-state index contributed by atoms with van der Waals surface area (Å²) in [5.74, 6) is -0.308. The van der Waals surface area contributed by atoms with Crippen molar-refractivity contribution in [3.05, 3.63) is 23.8 Å². The average Bonchev–Trinajstić information content (AvgIpc) is 2.33. The third kappa shape index (κ3) is 4.25. The van der Waals surface area contributed by atoms with Crippen molar-refractivity contribution in [3.8, 4) is 11.5 Å². The summed E-state index contributed by atoms with van der Waals surface area (Å²) in [5.41, 5.74) is 0.0551. The van der Waals surface area contributed by atoms with Crippen LogP contribution in [-0.4, -0.2) is 35.5 Å². The Balaban J connectivity index is 2.88. The van der Waals surface area contributed by atoms with Crippen LogP contribution in [0.3, 0.4) is 0 Å². The molecule has 0 saturated carbocycles. The molecule has 1 unspecified atom stereocenters. The maximum absolute atomic E-state index is 11.0. The number of aliphatic hydroxyl groups is 1. The van der Waals surface area contributed by atoms with E-state index in [0.717, 1.165) is 6.42 Å². The summed E-state index contributed by atoms with van der Waals surface area (Å²) in [5, 5.41) is 18.2. The lowest BCUT2D eigenvalue weighted by molar-refractivity contribution is 0.0685. The van der Waals surface area contributed by atoms with Crippen LogP contribution in [0.15, 0.2) is 18.2 Å². The number of carboxylic acid groups (broad SMARTS) is 1. The number of ether oxygens (including phenoxy) is 2. The van der Waals surface area contributed by atoms with Crippen LogP contribution in [0.4, 0.5) is 0 Å². The molecule has 0 aliphatic heterocycles. The third-order valence-electron chi connectivity index (χ3n) is 2.14. The van der Waals surface area contributed by atoms with E-state index in [1.807, 2.05) is 6.92 Å². The normalized spacial score (nSPS) is 11.9. The maximum Gasteiger partial charge on any atom is 0.339 e. The van der Waals surface area contributed by atoms with Crippen LogP contribution >= 0.6 is 0 Å². The number of carbonyl (C=O) groups is 1. The third-order valence-corrected chi connectivity index (χ3v) is 2.14. The number of aromatic carboxylic acids is 1. The SMILES string of the molecule is CCCOc1ccc(C(=O)O)c(OCC(C)O)c1. The van der Waals surface area contributed by atoms with Crippen LogP contribution in [0.2, 0.25) is 0 Å². The molecule has 1 aromatic carbocycles. The molecule has 0 amide bonds. The lowest BCUT2D eigenvalue weighted by Gasteiger charge is -2.12. The van der Waals surface area contributed by atoms with Crippen molar-refractivity contribution < 1.29 is 24.5 Å². The monoisotopic (exact) mass is 254 g/mol. The van der Waals surface area contributed by atoms with Gasteiger partial charge >= 0.3 is 5.97 Å². The molecule has 1 aromatic rings. The number of aliphatic hydroxyl groups excluding tert-OH is 1. The van der Waals surface area contributed by atoms with Gasteiger partial charge in [0.25, 0.3) is 0 Å². The number of hydrogen-bond acceptors (Lipinski definition) is 4. The Kier molecular flexibility index (Phi) is 5.45. The van der Waals surface area contributed by atoms with Crippen LogP contribution < -0.4 is 9.47 Å². The number of rotatable bonds is 7. The van der Waals surface area contributed by atoms with Crippen molar-refractivity contribution in [1.29, 1.82) is 0 Å². The van der Waals surface area contributed by atoms with E-state index in [4.69, 9.17) is 19.7 Å². The molecule has 0 aliphatic rings. The Labute approximate surface area is 106 Å². The molecule has 100 valence electrons. The molecule has 0 fully saturated rings. The van der Waals surface area contributed by atoms with Gasteiger partial charge in [0.2, 0.25) is 0 Å². The lowest BCUT2D eigenvalue weighted by Crippen LogP contribution is -2.14. The summed E-state index contributed by atoms with van der Waals surface area (Å²) >= 11 is 0. The van der Waals surface area contributed by atoms with Crippen LogP contribution in [0.5, 0.6) is 11.5 Å². The van der Waals surface area contributed by atoms with Crippen LogP contribution in [-0.2, 0) is 0 Å². The summed E-state index contributed by atoms with van der Waals surface area (Å²) in [6, 6.07) is 4.56. The second-order valence-electron chi connectivity index (χ2n) is 3.97. The minimum Gasteiger partial charge on any atom is -0.493 e. The molecule has 0 radical (unpaired) electrons. The van der Waals surface area contributed by atoms with Gasteiger partial charge in [0, 0.05) is 6.07 Å². The van der Waals surface area contributed by atoms with Crippen molar-refractivity contribution in [2.75, 3.05) is 13.2 Å². The van der Waals surface area contributed by atoms with Gasteiger partial charge in [-0.3, -0.25) is 0 Å². The molecule has 2 N–H and O–H groups in total. The van der Waals surface area contributed by atoms with Gasteiger partial charge < -0.3 is 19.7 Å². The molecule has 1 atom stereocenters. The predicted molar refractivity (Wildman–Crippen MR) is 66.4 cm³/mol. The van der Waals surface area contributed by atoms with Crippen molar-refractivity contribution >= 4 is 5.97 Å². The fraction of sp³-hybridized carbons (Fsp3) is 0.462. The molecule has 18 heavy (non-hydrogen) atoms. The highest BCUT2D eigenvalue weighted by Gasteiger charge is 2.13. The van der Waals surface area contributed by atoms with E-state index in [0.29, 0.717) is 12.4 Å². The van der Waals surface area contributed by atoms with E-state index in [2.05, 4.69) is 0 Å². The second-order valence-corrected chi connectivity index (χ2v) is 3.97.